The molecule has 0 amide bonds. The van der Waals surface area contributed by atoms with Crippen molar-refractivity contribution in [2.24, 2.45) is 0 Å². The molecule has 1 heterocycles. The third kappa shape index (κ3) is 1.57. The zero-order chi connectivity index (χ0) is 10.2. The van der Waals surface area contributed by atoms with Crippen LogP contribution < -0.4 is 0 Å². The molecular weight excluding hydrogens is 210 g/mol. The van der Waals surface area contributed by atoms with Gasteiger partial charge in [-0.2, -0.15) is 8.42 Å². The average molecular weight is 216 g/mol. The standard InChI is InChI=1S/C8H6N2O3S/c11-14(12,13)8-5-9-6-3-1-2-4-7(6)10-8/h1-5H,(H,11,12,13)/i1+1,2+1,3+1,5+1,6+1,8+1. The molecule has 1 aromatic heterocycles. The van der Waals surface area contributed by atoms with Gasteiger partial charge in [0.2, 0.25) is 5.03 Å². The molecule has 5 nitrogen and oxygen atoms in total. The van der Waals surface area contributed by atoms with Gasteiger partial charge < -0.3 is 0 Å². The van der Waals surface area contributed by atoms with Gasteiger partial charge in [-0.3, -0.25) is 9.54 Å². The molecule has 0 aliphatic heterocycles. The summed E-state index contributed by atoms with van der Waals surface area (Å²) in [5.41, 5.74) is 1.02. The zero-order valence-corrected chi connectivity index (χ0v) is 7.77. The van der Waals surface area contributed by atoms with Gasteiger partial charge in [0.15, 0.2) is 0 Å². The van der Waals surface area contributed by atoms with Gasteiger partial charge in [0.1, 0.15) is 0 Å². The SMILES string of the molecule is O=S(=O)(O)[13c]1[13cH]n[13c]2[13cH][13cH][13cH]cc2n1. The number of hydrogen-bond donors (Lipinski definition) is 1. The first-order valence-electron chi connectivity index (χ1n) is 3.77. The highest BCUT2D eigenvalue weighted by atomic mass is 32.2. The minimum atomic E-state index is -4.27. The van der Waals surface area contributed by atoms with Crippen LogP contribution in [-0.4, -0.2) is 22.9 Å². The van der Waals surface area contributed by atoms with E-state index in [0.29, 0.717) is 11.0 Å². The molecule has 0 radical (unpaired) electrons. The third-order valence-electron chi connectivity index (χ3n) is 1.69. The Bertz CT molecular complexity index is 580. The Balaban J connectivity index is 2.75. The Labute approximate surface area is 80.2 Å². The molecule has 2 aromatic rings. The van der Waals surface area contributed by atoms with Gasteiger partial charge in [-0.15, -0.1) is 0 Å². The van der Waals surface area contributed by atoms with Gasteiger partial charge in [-0.05, 0) is 12.1 Å². The molecule has 0 saturated heterocycles. The largest absolute Gasteiger partial charge is 0.313 e. The second-order valence-corrected chi connectivity index (χ2v) is 4.04. The molecule has 0 fully saturated rings. The number of para-hydroxylation sites is 2. The summed E-state index contributed by atoms with van der Waals surface area (Å²) in [6, 6.07) is 6.81. The van der Waals surface area contributed by atoms with Crippen LogP contribution in [0.3, 0.4) is 0 Å². The van der Waals surface area contributed by atoms with Crippen molar-refractivity contribution >= 4 is 21.2 Å². The molecule has 0 atom stereocenters. The Morgan fingerprint density at radius 2 is 1.79 bits per heavy atom. The maximum absolute atomic E-state index is 10.7. The van der Waals surface area contributed by atoms with Gasteiger partial charge >= 0.3 is 10.1 Å². The highest BCUT2D eigenvalue weighted by Crippen LogP contribution is 2.11. The Morgan fingerprint density at radius 1 is 1.14 bits per heavy atom. The predicted octanol–water partition coefficient (Wildman–Crippen LogP) is 0.877. The number of fused-ring (bicyclic) bond motifs is 1. The Kier molecular flexibility index (Phi) is 1.94. The fourth-order valence-corrected chi connectivity index (χ4v) is 1.46. The maximum atomic E-state index is 10.7. The number of aromatic nitrogens is 2. The molecule has 1 aromatic carbocycles. The summed E-state index contributed by atoms with van der Waals surface area (Å²) in [5.74, 6) is 0. The molecule has 72 valence electrons. The van der Waals surface area contributed by atoms with Crippen LogP contribution >= 0.6 is 0 Å². The fraction of sp³-hybridized carbons (Fsp3) is 0. The van der Waals surface area contributed by atoms with Crippen molar-refractivity contribution in [2.75, 3.05) is 0 Å². The molecule has 0 bridgehead atoms. The number of hydrogen-bond acceptors (Lipinski definition) is 4. The van der Waals surface area contributed by atoms with Crippen molar-refractivity contribution in [1.82, 2.24) is 9.97 Å². The lowest BCUT2D eigenvalue weighted by molar-refractivity contribution is 0.479. The summed E-state index contributed by atoms with van der Waals surface area (Å²) in [6.07, 6.45) is 1.03. The maximum Gasteiger partial charge on any atom is 0.313 e. The van der Waals surface area contributed by atoms with Crippen LogP contribution in [0.15, 0.2) is 35.5 Å². The van der Waals surface area contributed by atoms with Crippen molar-refractivity contribution in [1.29, 1.82) is 0 Å². The number of benzene rings is 1. The summed E-state index contributed by atoms with van der Waals surface area (Å²) in [6.45, 7) is 0. The first-order chi connectivity index (χ1) is 6.57. The van der Waals surface area contributed by atoms with Crippen molar-refractivity contribution in [2.45, 2.75) is 5.03 Å². The fourth-order valence-electron chi connectivity index (χ4n) is 1.06. The summed E-state index contributed by atoms with van der Waals surface area (Å²) >= 11 is 0. The monoisotopic (exact) mass is 216 g/mol. The summed E-state index contributed by atoms with van der Waals surface area (Å²) in [5, 5.41) is -0.434. The Morgan fingerprint density at radius 3 is 2.43 bits per heavy atom. The van der Waals surface area contributed by atoms with E-state index in [1.54, 1.807) is 24.3 Å². The van der Waals surface area contributed by atoms with E-state index in [2.05, 4.69) is 9.97 Å². The van der Waals surface area contributed by atoms with E-state index in [0.717, 1.165) is 6.20 Å². The van der Waals surface area contributed by atoms with Crippen LogP contribution in [-0.2, 0) is 10.1 Å². The molecule has 6 heteroatoms. The van der Waals surface area contributed by atoms with Crippen molar-refractivity contribution < 1.29 is 13.0 Å². The lowest BCUT2D eigenvalue weighted by Gasteiger charge is -1.97. The minimum absolute atomic E-state index is 0.433. The summed E-state index contributed by atoms with van der Waals surface area (Å²) in [7, 11) is -4.27. The van der Waals surface area contributed by atoms with Crippen LogP contribution in [0.2, 0.25) is 0 Å². The second kappa shape index (κ2) is 3.00. The van der Waals surface area contributed by atoms with E-state index in [-0.39, 0.29) is 0 Å². The molecule has 0 unspecified atom stereocenters. The summed E-state index contributed by atoms with van der Waals surface area (Å²) < 4.78 is 30.2. The van der Waals surface area contributed by atoms with Gasteiger partial charge in [-0.25, -0.2) is 4.98 Å². The molecule has 1 N–H and O–H groups in total. The first kappa shape index (κ1) is 9.04. The smallest absolute Gasteiger partial charge is 0.281 e. The molecule has 0 aliphatic rings. The molecular formula is C8H6N2O3S. The van der Waals surface area contributed by atoms with Gasteiger partial charge in [0.05, 0.1) is 17.2 Å². The highest BCUT2D eigenvalue weighted by molar-refractivity contribution is 7.85. The van der Waals surface area contributed by atoms with Crippen molar-refractivity contribution in [3.63, 3.8) is 0 Å². The quantitative estimate of drug-likeness (QED) is 0.715. The molecule has 14 heavy (non-hydrogen) atoms. The Hall–Kier alpha value is -1.53. The highest BCUT2D eigenvalue weighted by Gasteiger charge is 2.11. The van der Waals surface area contributed by atoms with Crippen LogP contribution in [0.25, 0.3) is 11.0 Å². The lowest BCUT2D eigenvalue weighted by Crippen LogP contribution is -2.02. The van der Waals surface area contributed by atoms with E-state index < -0.39 is 15.1 Å². The van der Waals surface area contributed by atoms with E-state index >= 15 is 0 Å². The molecule has 0 saturated carbocycles. The number of rotatable bonds is 1. The minimum Gasteiger partial charge on any atom is -0.281 e. The number of nitrogens with zero attached hydrogens (tertiary/aromatic N) is 2. The van der Waals surface area contributed by atoms with E-state index in [4.69, 9.17) is 4.55 Å². The van der Waals surface area contributed by atoms with Crippen molar-refractivity contribution in [3.05, 3.63) is 30.5 Å². The van der Waals surface area contributed by atoms with E-state index in [1.165, 1.54) is 0 Å². The van der Waals surface area contributed by atoms with Gasteiger partial charge in [-0.1, -0.05) is 12.1 Å². The molecule has 0 spiro atoms. The second-order valence-electron chi connectivity index (χ2n) is 2.67. The van der Waals surface area contributed by atoms with E-state index in [9.17, 15) is 8.42 Å². The van der Waals surface area contributed by atoms with Crippen LogP contribution in [0.5, 0.6) is 0 Å². The van der Waals surface area contributed by atoms with E-state index in [1.807, 2.05) is 0 Å². The van der Waals surface area contributed by atoms with Crippen LogP contribution in [0.4, 0.5) is 0 Å². The first-order valence-corrected chi connectivity index (χ1v) is 5.21. The van der Waals surface area contributed by atoms with Crippen LogP contribution in [0.1, 0.15) is 0 Å². The third-order valence-corrected chi connectivity index (χ3v) is 2.42. The topological polar surface area (TPSA) is 80.2 Å². The van der Waals surface area contributed by atoms with Crippen molar-refractivity contribution in [3.8, 4) is 0 Å². The zero-order valence-electron chi connectivity index (χ0n) is 6.95. The lowest BCUT2D eigenvalue weighted by atomic mass is 10.7. The van der Waals surface area contributed by atoms with Crippen LogP contribution in [0, 0.1) is 0 Å². The average Bonchev–Trinajstić information content (AvgIpc) is 2.16. The molecule has 0 aliphatic carbocycles. The molecule has 2 rings (SSSR count). The normalized spacial score (nSPS) is 11.8. The van der Waals surface area contributed by atoms with Gasteiger partial charge in [0.25, 0.3) is 0 Å². The summed E-state index contributed by atoms with van der Waals surface area (Å²) in [4.78, 5) is 7.59. The van der Waals surface area contributed by atoms with Gasteiger partial charge in [0, 0.05) is 0 Å². The predicted molar refractivity (Wildman–Crippen MR) is 49.4 cm³/mol.